The molecule has 6 aromatic rings. The van der Waals surface area contributed by atoms with E-state index in [0.717, 1.165) is 104 Å². The van der Waals surface area contributed by atoms with E-state index in [1.165, 1.54) is 18.4 Å². The molecule has 17 heteroatoms. The van der Waals surface area contributed by atoms with Crippen molar-refractivity contribution < 1.29 is 19.8 Å². The Bertz CT molecular complexity index is 2440. The number of nitrogens with one attached hydrogen (secondary N) is 2. The number of nitrogens with zero attached hydrogens (tertiary/aromatic N) is 11. The van der Waals surface area contributed by atoms with Crippen LogP contribution in [0.25, 0.3) is 22.3 Å². The molecule has 2 aliphatic heterocycles. The maximum atomic E-state index is 12.2. The second-order valence-corrected chi connectivity index (χ2v) is 18.1. The Morgan fingerprint density at radius 3 is 1.71 bits per heavy atom. The van der Waals surface area contributed by atoms with Gasteiger partial charge in [0.15, 0.2) is 11.6 Å². The minimum Gasteiger partial charge on any atom is -0.481 e. The molecule has 0 radical (unpaired) electrons. The summed E-state index contributed by atoms with van der Waals surface area (Å²) in [5.41, 5.74) is 8.62. The molecule has 2 saturated heterocycles. The molecular formula is C49H61N13O4. The lowest BCUT2D eigenvalue weighted by Gasteiger charge is -2.40. The van der Waals surface area contributed by atoms with Crippen molar-refractivity contribution in [2.45, 2.75) is 83.6 Å². The number of piperidine rings is 1. The molecule has 4 N–H and O–H groups in total. The number of hydrogen-bond donors (Lipinski definition) is 4. The van der Waals surface area contributed by atoms with Gasteiger partial charge in [0.2, 0.25) is 0 Å². The number of aromatic amines is 2. The topological polar surface area (TPSA) is 219 Å². The molecule has 6 heterocycles. The van der Waals surface area contributed by atoms with E-state index >= 15 is 0 Å². The largest absolute Gasteiger partial charge is 0.481 e. The number of H-pyrrole nitrogens is 2. The van der Waals surface area contributed by atoms with Crippen molar-refractivity contribution in [1.29, 1.82) is 0 Å². The van der Waals surface area contributed by atoms with E-state index < -0.39 is 23.8 Å². The van der Waals surface area contributed by atoms with E-state index in [2.05, 4.69) is 127 Å². The summed E-state index contributed by atoms with van der Waals surface area (Å²) < 4.78 is 0. The summed E-state index contributed by atoms with van der Waals surface area (Å²) in [5.74, 6) is -2.14. The maximum Gasteiger partial charge on any atom is 0.307 e. The molecule has 8 rings (SSSR count). The van der Waals surface area contributed by atoms with Crippen molar-refractivity contribution in [3.05, 3.63) is 114 Å². The number of carboxylic acids is 2. The fraction of sp³-hybridized carbons (Fsp3) is 0.469. The van der Waals surface area contributed by atoms with Gasteiger partial charge in [-0.1, -0.05) is 85.6 Å². The Morgan fingerprint density at radius 1 is 0.652 bits per heavy atom. The Balaban J connectivity index is 0.820. The number of anilines is 1. The van der Waals surface area contributed by atoms with Crippen molar-refractivity contribution in [2.75, 3.05) is 50.7 Å². The van der Waals surface area contributed by atoms with E-state index in [-0.39, 0.29) is 11.8 Å². The highest BCUT2D eigenvalue weighted by atomic mass is 16.4. The molecule has 2 aliphatic rings. The zero-order valence-corrected chi connectivity index (χ0v) is 37.9. The van der Waals surface area contributed by atoms with Crippen LogP contribution in [0.4, 0.5) is 5.69 Å². The minimum atomic E-state index is -0.839. The van der Waals surface area contributed by atoms with Gasteiger partial charge in [-0.25, -0.2) is 0 Å². The highest BCUT2D eigenvalue weighted by Gasteiger charge is 2.33. The lowest BCUT2D eigenvalue weighted by Crippen LogP contribution is -2.49. The number of rotatable bonds is 21. The molecule has 346 valence electrons. The van der Waals surface area contributed by atoms with Gasteiger partial charge in [0, 0.05) is 87.4 Å². The normalized spacial score (nSPS) is 17.8. The fourth-order valence-electron chi connectivity index (χ4n) is 10.0. The van der Waals surface area contributed by atoms with Gasteiger partial charge in [0.05, 0.1) is 23.7 Å². The van der Waals surface area contributed by atoms with Crippen LogP contribution in [0.3, 0.4) is 0 Å². The van der Waals surface area contributed by atoms with Crippen molar-refractivity contribution in [3.8, 4) is 22.3 Å². The van der Waals surface area contributed by atoms with Crippen molar-refractivity contribution in [2.24, 2.45) is 17.8 Å². The first kappa shape index (κ1) is 46.1. The monoisotopic (exact) mass is 895 g/mol. The zero-order chi connectivity index (χ0) is 45.8. The quantitative estimate of drug-likeness (QED) is 0.0604. The van der Waals surface area contributed by atoms with E-state index in [9.17, 15) is 19.8 Å². The van der Waals surface area contributed by atoms with Gasteiger partial charge >= 0.3 is 11.9 Å². The molecule has 0 aliphatic carbocycles. The van der Waals surface area contributed by atoms with Gasteiger partial charge < -0.3 is 15.1 Å². The zero-order valence-electron chi connectivity index (χ0n) is 37.9. The van der Waals surface area contributed by atoms with E-state index in [1.54, 1.807) is 0 Å². The smallest absolute Gasteiger partial charge is 0.307 e. The average molecular weight is 896 g/mol. The lowest BCUT2D eigenvalue weighted by atomic mass is 9.83. The Hall–Kier alpha value is -6.46. The van der Waals surface area contributed by atoms with Gasteiger partial charge in [-0.3, -0.25) is 29.4 Å². The molecule has 0 bridgehead atoms. The molecule has 5 atom stereocenters. The summed E-state index contributed by atoms with van der Waals surface area (Å²) >= 11 is 0. The predicted octanol–water partition coefficient (Wildman–Crippen LogP) is 6.53. The van der Waals surface area contributed by atoms with Crippen molar-refractivity contribution in [3.63, 3.8) is 0 Å². The van der Waals surface area contributed by atoms with Crippen LogP contribution < -0.4 is 4.90 Å². The number of aromatic nitrogens is 10. The lowest BCUT2D eigenvalue weighted by molar-refractivity contribution is -0.144. The van der Waals surface area contributed by atoms with Crippen LogP contribution in [0.1, 0.15) is 92.5 Å². The van der Waals surface area contributed by atoms with Crippen LogP contribution in [-0.4, -0.2) is 129 Å². The fourth-order valence-corrected chi connectivity index (χ4v) is 10.0. The number of hydrogen-bond acceptors (Lipinski definition) is 13. The highest BCUT2D eigenvalue weighted by Crippen LogP contribution is 2.33. The first-order chi connectivity index (χ1) is 32.2. The number of carbonyl (C=O) groups is 2. The van der Waals surface area contributed by atoms with Crippen LogP contribution in [0, 0.1) is 17.8 Å². The summed E-state index contributed by atoms with van der Waals surface area (Å²) in [6.45, 7) is 12.0. The Labute approximate surface area is 385 Å². The number of carboxylic acid groups (broad SMARTS) is 2. The average Bonchev–Trinajstić information content (AvgIpc) is 4.09. The highest BCUT2D eigenvalue weighted by molar-refractivity contribution is 5.72. The summed E-state index contributed by atoms with van der Waals surface area (Å²) in [5, 5.41) is 49.0. The van der Waals surface area contributed by atoms with Crippen LogP contribution in [-0.2, 0) is 29.0 Å². The van der Waals surface area contributed by atoms with Gasteiger partial charge in [-0.15, -0.1) is 20.4 Å². The number of aliphatic carboxylic acids is 2. The third-order valence-electron chi connectivity index (χ3n) is 13.5. The molecule has 0 spiro atoms. The summed E-state index contributed by atoms with van der Waals surface area (Å²) in [4.78, 5) is 41.3. The number of benzene rings is 2. The van der Waals surface area contributed by atoms with E-state index in [0.29, 0.717) is 43.3 Å². The van der Waals surface area contributed by atoms with Gasteiger partial charge in [-0.2, -0.15) is 10.4 Å². The molecule has 0 saturated carbocycles. The van der Waals surface area contributed by atoms with Gasteiger partial charge in [0.25, 0.3) is 0 Å². The van der Waals surface area contributed by atoms with Gasteiger partial charge in [-0.05, 0) is 90.9 Å². The standard InChI is InChI=1S/C49H61N13O4/c1-3-6-42(48(63)64)44(46-52-56-57-53-46)23-33-9-13-37(14-10-33)39-22-36(26-50-27-39)32-61-17-5-8-35(31-61)30-60-18-20-62(21-19-60)41-25-40(28-51-29-41)38-15-11-34(12-16-38)24-45(47-54-58-59-55-47)43(7-4-2)49(65)66/h9-16,22,25-29,35,42-45H,3-8,17-21,23-24,30-32H2,1-2H3,(H,63,64)(H,65,66)(H,52,53,56,57)(H,54,55,58,59)/t35?,42-,43-,44-,45-/m0/s1. The second kappa shape index (κ2) is 22.2. The predicted molar refractivity (Wildman–Crippen MR) is 249 cm³/mol. The van der Waals surface area contributed by atoms with Crippen molar-refractivity contribution in [1.82, 2.24) is 61.0 Å². The van der Waals surface area contributed by atoms with Crippen molar-refractivity contribution >= 4 is 17.6 Å². The van der Waals surface area contributed by atoms with E-state index in [4.69, 9.17) is 0 Å². The molecule has 66 heavy (non-hydrogen) atoms. The number of piperazine rings is 1. The summed E-state index contributed by atoms with van der Waals surface area (Å²) in [7, 11) is 0. The molecule has 4 aromatic heterocycles. The van der Waals surface area contributed by atoms with Gasteiger partial charge in [0.1, 0.15) is 0 Å². The van der Waals surface area contributed by atoms with Crippen LogP contribution in [0.15, 0.2) is 85.5 Å². The SMILES string of the molecule is CCC[C@H](C(=O)O)[C@H](Cc1ccc(-c2cncc(CN3CCCC(CN4CCN(c5cncc(-c6ccc(C[C@H](c7nn[nH]n7)[C@H](CCC)C(=O)O)cc6)c5)CC4)C3)c2)cc1)c1nn[nH]n1. The number of tetrazole rings is 2. The molecule has 2 fully saturated rings. The minimum absolute atomic E-state index is 0.376. The molecule has 1 unspecified atom stereocenters. The van der Waals surface area contributed by atoms with Crippen LogP contribution >= 0.6 is 0 Å². The molecule has 0 amide bonds. The third-order valence-corrected chi connectivity index (χ3v) is 13.5. The Morgan fingerprint density at radius 2 is 1.20 bits per heavy atom. The van der Waals surface area contributed by atoms with E-state index in [1.807, 2.05) is 38.6 Å². The summed E-state index contributed by atoms with van der Waals surface area (Å²) in [6, 6.07) is 21.1. The molecular weight excluding hydrogens is 835 g/mol. The first-order valence-corrected chi connectivity index (χ1v) is 23.4. The molecule has 17 nitrogen and oxygen atoms in total. The second-order valence-electron chi connectivity index (χ2n) is 18.1. The first-order valence-electron chi connectivity index (χ1n) is 23.4. The maximum absolute atomic E-state index is 12.2. The van der Waals surface area contributed by atoms with Crippen LogP contribution in [0.5, 0.6) is 0 Å². The Kier molecular flexibility index (Phi) is 15.5. The third kappa shape index (κ3) is 11.7. The number of likely N-dealkylation sites (tertiary alicyclic amines) is 1. The number of pyridine rings is 2. The van der Waals surface area contributed by atoms with Crippen LogP contribution in [0.2, 0.25) is 0 Å². The summed E-state index contributed by atoms with van der Waals surface area (Å²) in [6.07, 6.45) is 13.8. The molecule has 2 aromatic carbocycles.